The number of β-amino-alcohol motifs (C(OH)–C–C–N with tert-alkyl or cyclic N) is 1. The molecule has 0 spiro atoms. The number of rotatable bonds is 13. The van der Waals surface area contributed by atoms with E-state index in [0.717, 1.165) is 34.5 Å². The summed E-state index contributed by atoms with van der Waals surface area (Å²) < 4.78 is 0. The van der Waals surface area contributed by atoms with Gasteiger partial charge in [0.05, 0.1) is 28.2 Å². The molecule has 1 aliphatic rings. The third-order valence-electron chi connectivity index (χ3n) is 8.03. The fraction of sp³-hybridized carbons (Fsp3) is 0.594. The maximum absolute atomic E-state index is 13.8. The number of aliphatic hydroxyl groups excluding tert-OH is 1. The third-order valence-corrected chi connectivity index (χ3v) is 9.01. The number of carbonyl (C=O) groups is 4. The molecule has 0 saturated carbocycles. The van der Waals surface area contributed by atoms with E-state index in [1.165, 1.54) is 16.8 Å². The molecule has 1 aromatic heterocycles. The van der Waals surface area contributed by atoms with Gasteiger partial charge in [0.15, 0.2) is 0 Å². The Morgan fingerprint density at radius 1 is 1.09 bits per heavy atom. The van der Waals surface area contributed by atoms with E-state index in [1.807, 2.05) is 64.4 Å². The third kappa shape index (κ3) is 9.49. The van der Waals surface area contributed by atoms with Gasteiger partial charge in [-0.1, -0.05) is 57.9 Å². The van der Waals surface area contributed by atoms with E-state index >= 15 is 0 Å². The largest absolute Gasteiger partial charge is 0.465 e. The number of aryl methyl sites for hydroxylation is 1. The Bertz CT molecular complexity index is 1290. The second kappa shape index (κ2) is 15.5. The smallest absolute Gasteiger partial charge is 0.407 e. The second-order valence-electron chi connectivity index (χ2n) is 12.7. The molecule has 3 rings (SSSR count). The molecule has 242 valence electrons. The van der Waals surface area contributed by atoms with Gasteiger partial charge >= 0.3 is 6.09 Å². The minimum Gasteiger partial charge on any atom is -0.465 e. The standard InChI is InChI=1S/C32H47N5O6S/c1-20(22-12-14-23(15-13-22)27-21(2)33-19-44-27)34-29(40)25-17-24(38)18-37(25)30(41)28(32(3,4)5)35-26(39)11-9-7-8-10-16-36(6)31(42)43/h12-15,19-20,24-25,28,38H,7-11,16-18H2,1-6H3,(H,34,40)(H,35,39)(H,42,43)/t20-,24+,25-,28?/m0/s1. The molecule has 0 bridgehead atoms. The lowest BCUT2D eigenvalue weighted by Crippen LogP contribution is -2.57. The zero-order chi connectivity index (χ0) is 32.6. The zero-order valence-corrected chi connectivity index (χ0v) is 27.4. The van der Waals surface area contributed by atoms with Gasteiger partial charge < -0.3 is 30.6 Å². The van der Waals surface area contributed by atoms with Crippen LogP contribution in [0.3, 0.4) is 0 Å². The molecule has 44 heavy (non-hydrogen) atoms. The van der Waals surface area contributed by atoms with Crippen LogP contribution in [0.2, 0.25) is 0 Å². The van der Waals surface area contributed by atoms with Crippen molar-refractivity contribution in [3.05, 3.63) is 41.0 Å². The summed E-state index contributed by atoms with van der Waals surface area (Å²) in [6.45, 7) is 9.88. The molecule has 0 aliphatic carbocycles. The summed E-state index contributed by atoms with van der Waals surface area (Å²) in [4.78, 5) is 59.0. The molecular formula is C32H47N5O6S. The molecule has 11 nitrogen and oxygen atoms in total. The number of hydrogen-bond donors (Lipinski definition) is 4. The van der Waals surface area contributed by atoms with Crippen molar-refractivity contribution >= 4 is 35.2 Å². The molecule has 4 N–H and O–H groups in total. The van der Waals surface area contributed by atoms with Crippen molar-refractivity contribution in [2.75, 3.05) is 20.1 Å². The highest BCUT2D eigenvalue weighted by Gasteiger charge is 2.44. The second-order valence-corrected chi connectivity index (χ2v) is 13.6. The van der Waals surface area contributed by atoms with Crippen molar-refractivity contribution < 1.29 is 29.4 Å². The van der Waals surface area contributed by atoms with Crippen LogP contribution in [0.25, 0.3) is 10.4 Å². The van der Waals surface area contributed by atoms with Gasteiger partial charge in [0, 0.05) is 33.0 Å². The molecule has 1 aromatic carbocycles. The molecular weight excluding hydrogens is 582 g/mol. The number of aliphatic hydroxyl groups is 1. The zero-order valence-electron chi connectivity index (χ0n) is 26.6. The molecule has 1 saturated heterocycles. The van der Waals surface area contributed by atoms with Gasteiger partial charge in [-0.3, -0.25) is 14.4 Å². The number of unbranched alkanes of at least 4 members (excludes halogenated alkanes) is 3. The molecule has 2 aromatic rings. The van der Waals surface area contributed by atoms with Crippen molar-refractivity contribution in [2.45, 2.75) is 97.4 Å². The first-order valence-corrected chi connectivity index (χ1v) is 16.1. The number of benzene rings is 1. The maximum atomic E-state index is 13.8. The van der Waals surface area contributed by atoms with Gasteiger partial charge in [0.1, 0.15) is 12.1 Å². The number of carboxylic acid groups (broad SMARTS) is 1. The van der Waals surface area contributed by atoms with Gasteiger partial charge in [0.25, 0.3) is 0 Å². The monoisotopic (exact) mass is 629 g/mol. The van der Waals surface area contributed by atoms with Gasteiger partial charge in [0.2, 0.25) is 17.7 Å². The Morgan fingerprint density at radius 2 is 1.75 bits per heavy atom. The first-order valence-electron chi connectivity index (χ1n) is 15.2. The normalized spacial score (nSPS) is 18.0. The summed E-state index contributed by atoms with van der Waals surface area (Å²) in [5.74, 6) is -0.999. The number of thiazole rings is 1. The molecule has 4 amide bonds. The van der Waals surface area contributed by atoms with Crippen molar-refractivity contribution in [1.29, 1.82) is 0 Å². The number of amides is 4. The summed E-state index contributed by atoms with van der Waals surface area (Å²) in [6, 6.07) is 5.88. The number of aromatic nitrogens is 1. The average molecular weight is 630 g/mol. The van der Waals surface area contributed by atoms with E-state index < -0.39 is 35.6 Å². The number of nitrogens with zero attached hydrogens (tertiary/aromatic N) is 3. The van der Waals surface area contributed by atoms with E-state index in [0.29, 0.717) is 19.4 Å². The molecule has 1 aliphatic heterocycles. The van der Waals surface area contributed by atoms with Crippen LogP contribution in [0.1, 0.15) is 83.5 Å². The van der Waals surface area contributed by atoms with Crippen LogP contribution in [0.5, 0.6) is 0 Å². The highest BCUT2D eigenvalue weighted by molar-refractivity contribution is 7.13. The van der Waals surface area contributed by atoms with Crippen LogP contribution in [0.4, 0.5) is 4.79 Å². The van der Waals surface area contributed by atoms with Gasteiger partial charge in [-0.25, -0.2) is 9.78 Å². The SMILES string of the molecule is Cc1ncsc1-c1ccc([C@H](C)NC(=O)[C@@H]2C[C@@H](O)CN2C(=O)C(NC(=O)CCCCCCN(C)C(=O)O)C(C)(C)C)cc1. The van der Waals surface area contributed by atoms with E-state index in [9.17, 15) is 24.3 Å². The average Bonchev–Trinajstić information content (AvgIpc) is 3.57. The number of carbonyl (C=O) groups excluding carboxylic acids is 3. The summed E-state index contributed by atoms with van der Waals surface area (Å²) in [6.07, 6.45) is 1.44. The predicted octanol–water partition coefficient (Wildman–Crippen LogP) is 4.35. The van der Waals surface area contributed by atoms with Gasteiger partial charge in [-0.15, -0.1) is 11.3 Å². The highest BCUT2D eigenvalue weighted by Crippen LogP contribution is 2.29. The lowest BCUT2D eigenvalue weighted by atomic mass is 9.85. The predicted molar refractivity (Wildman–Crippen MR) is 170 cm³/mol. The lowest BCUT2D eigenvalue weighted by Gasteiger charge is -2.35. The molecule has 1 unspecified atom stereocenters. The van der Waals surface area contributed by atoms with Crippen LogP contribution in [0.15, 0.2) is 29.8 Å². The summed E-state index contributed by atoms with van der Waals surface area (Å²) in [5.41, 5.74) is 4.12. The van der Waals surface area contributed by atoms with Crippen LogP contribution >= 0.6 is 11.3 Å². The van der Waals surface area contributed by atoms with E-state index in [-0.39, 0.29) is 37.2 Å². The minimum absolute atomic E-state index is 0.0153. The molecule has 1 fully saturated rings. The number of nitrogens with one attached hydrogen (secondary N) is 2. The Hall–Kier alpha value is -3.51. The van der Waals surface area contributed by atoms with Gasteiger partial charge in [-0.2, -0.15) is 0 Å². The maximum Gasteiger partial charge on any atom is 0.407 e. The number of hydrogen-bond acceptors (Lipinski definition) is 7. The van der Waals surface area contributed by atoms with Crippen LogP contribution in [0, 0.1) is 12.3 Å². The quantitative estimate of drug-likeness (QED) is 0.241. The first-order chi connectivity index (χ1) is 20.7. The first kappa shape index (κ1) is 35.0. The van der Waals surface area contributed by atoms with Crippen LogP contribution < -0.4 is 10.6 Å². The lowest BCUT2D eigenvalue weighted by molar-refractivity contribution is -0.144. The summed E-state index contributed by atoms with van der Waals surface area (Å²) in [7, 11) is 1.53. The van der Waals surface area contributed by atoms with Gasteiger partial charge in [-0.05, 0) is 43.2 Å². The van der Waals surface area contributed by atoms with Crippen LogP contribution in [-0.2, 0) is 14.4 Å². The van der Waals surface area contributed by atoms with Crippen molar-refractivity contribution in [2.24, 2.45) is 5.41 Å². The van der Waals surface area contributed by atoms with E-state index in [2.05, 4.69) is 15.6 Å². The Labute approximate surface area is 264 Å². The number of likely N-dealkylation sites (tertiary alicyclic amines) is 1. The summed E-state index contributed by atoms with van der Waals surface area (Å²) in [5, 5.41) is 25.3. The fourth-order valence-corrected chi connectivity index (χ4v) is 6.14. The fourth-order valence-electron chi connectivity index (χ4n) is 5.33. The highest BCUT2D eigenvalue weighted by atomic mass is 32.1. The molecule has 2 heterocycles. The Balaban J connectivity index is 1.58. The molecule has 4 atom stereocenters. The van der Waals surface area contributed by atoms with E-state index in [1.54, 1.807) is 11.3 Å². The summed E-state index contributed by atoms with van der Waals surface area (Å²) >= 11 is 1.58. The topological polar surface area (TPSA) is 152 Å². The van der Waals surface area contributed by atoms with E-state index in [4.69, 9.17) is 5.11 Å². The minimum atomic E-state index is -0.963. The van der Waals surface area contributed by atoms with Crippen molar-refractivity contribution in [3.8, 4) is 10.4 Å². The van der Waals surface area contributed by atoms with Crippen molar-refractivity contribution in [1.82, 2.24) is 25.4 Å². The van der Waals surface area contributed by atoms with Crippen molar-refractivity contribution in [3.63, 3.8) is 0 Å². The van der Waals surface area contributed by atoms with Crippen LogP contribution in [-0.4, -0.2) is 87.1 Å². The molecule has 12 heteroatoms. The Morgan fingerprint density at radius 3 is 2.34 bits per heavy atom. The Kier molecular flexibility index (Phi) is 12.3. The molecule has 0 radical (unpaired) electrons.